The minimum atomic E-state index is -3.82. The monoisotopic (exact) mass is 365 g/mol. The Hall–Kier alpha value is -2.00. The molecule has 0 saturated carbocycles. The van der Waals surface area contributed by atoms with Crippen molar-refractivity contribution in [2.45, 2.75) is 17.9 Å². The lowest BCUT2D eigenvalue weighted by molar-refractivity contribution is 0.164. The zero-order valence-corrected chi connectivity index (χ0v) is 15.3. The lowest BCUT2D eigenvalue weighted by atomic mass is 10.1. The molecule has 3 aliphatic rings. The van der Waals surface area contributed by atoms with E-state index in [4.69, 9.17) is 0 Å². The van der Waals surface area contributed by atoms with Crippen LogP contribution in [0.25, 0.3) is 0 Å². The number of aryl methyl sites for hydroxylation is 1. The van der Waals surface area contributed by atoms with Gasteiger partial charge in [0.05, 0.1) is 23.1 Å². The lowest BCUT2D eigenvalue weighted by Crippen LogP contribution is -2.56. The van der Waals surface area contributed by atoms with Crippen molar-refractivity contribution in [2.75, 3.05) is 44.4 Å². The van der Waals surface area contributed by atoms with Crippen LogP contribution in [0, 0.1) is 12.7 Å². The predicted octanol–water partition coefficient (Wildman–Crippen LogP) is 0.600. The summed E-state index contributed by atoms with van der Waals surface area (Å²) in [7, 11) is -0.155. The summed E-state index contributed by atoms with van der Waals surface area (Å²) in [6, 6.07) is -0.279. The molecule has 0 aliphatic carbocycles. The van der Waals surface area contributed by atoms with E-state index in [1.54, 1.807) is 11.9 Å². The van der Waals surface area contributed by atoms with Crippen LogP contribution in [-0.4, -0.2) is 74.6 Å². The Bertz CT molecular complexity index is 927. The van der Waals surface area contributed by atoms with Crippen LogP contribution in [0.4, 0.5) is 10.2 Å². The summed E-state index contributed by atoms with van der Waals surface area (Å²) in [6.07, 6.45) is 0. The molecule has 1 saturated heterocycles. The average molecular weight is 365 g/mol. The highest BCUT2D eigenvalue weighted by Gasteiger charge is 2.44. The van der Waals surface area contributed by atoms with Crippen molar-refractivity contribution in [1.82, 2.24) is 14.8 Å². The third-order valence-corrected chi connectivity index (χ3v) is 6.91. The number of amidine groups is 1. The fourth-order valence-electron chi connectivity index (χ4n) is 3.73. The van der Waals surface area contributed by atoms with Crippen LogP contribution in [0.1, 0.15) is 11.3 Å². The molecule has 25 heavy (non-hydrogen) atoms. The standard InChI is InChI=1S/C16H20FN5O2S/c1-9-13(17)14-12-15(18-9)21(4)10(2)19-16(12)22-6-5-20(3)7-11(22)8-25(14,23)24/h11H,2,5-8H2,1,3-4H3. The van der Waals surface area contributed by atoms with Gasteiger partial charge in [-0.25, -0.2) is 22.8 Å². The van der Waals surface area contributed by atoms with Gasteiger partial charge in [0.2, 0.25) is 0 Å². The first kappa shape index (κ1) is 16.5. The number of fused-ring (bicyclic) bond motifs is 2. The number of hydrogen-bond acceptors (Lipinski definition) is 7. The Morgan fingerprint density at radius 2 is 2.00 bits per heavy atom. The second-order valence-electron chi connectivity index (χ2n) is 6.84. The van der Waals surface area contributed by atoms with Gasteiger partial charge in [-0.2, -0.15) is 0 Å². The van der Waals surface area contributed by atoms with Crippen molar-refractivity contribution in [3.05, 3.63) is 29.5 Å². The maximum Gasteiger partial charge on any atom is 0.184 e. The summed E-state index contributed by atoms with van der Waals surface area (Å²) in [5.41, 5.74) is 0.334. The predicted molar refractivity (Wildman–Crippen MR) is 93.1 cm³/mol. The van der Waals surface area contributed by atoms with Gasteiger partial charge in [0.25, 0.3) is 0 Å². The first-order valence-corrected chi connectivity index (χ1v) is 9.75. The summed E-state index contributed by atoms with van der Waals surface area (Å²) >= 11 is 0. The Morgan fingerprint density at radius 3 is 2.72 bits per heavy atom. The van der Waals surface area contributed by atoms with Gasteiger partial charge in [-0.15, -0.1) is 0 Å². The van der Waals surface area contributed by atoms with Crippen LogP contribution in [0.3, 0.4) is 0 Å². The lowest BCUT2D eigenvalue weighted by Gasteiger charge is -2.41. The van der Waals surface area contributed by atoms with Crippen molar-refractivity contribution >= 4 is 21.5 Å². The quantitative estimate of drug-likeness (QED) is 0.671. The first-order valence-electron chi connectivity index (χ1n) is 8.10. The summed E-state index contributed by atoms with van der Waals surface area (Å²) in [5.74, 6) is 0.412. The van der Waals surface area contributed by atoms with Gasteiger partial charge >= 0.3 is 0 Å². The average Bonchev–Trinajstić information content (AvgIpc) is 2.61. The zero-order chi connectivity index (χ0) is 18.1. The molecule has 1 fully saturated rings. The Kier molecular flexibility index (Phi) is 3.46. The number of sulfone groups is 1. The van der Waals surface area contributed by atoms with Crippen LogP contribution in [-0.2, 0) is 9.84 Å². The molecular weight excluding hydrogens is 345 g/mol. The van der Waals surface area contributed by atoms with E-state index in [2.05, 4.69) is 21.5 Å². The molecule has 0 N–H and O–H groups in total. The van der Waals surface area contributed by atoms with Crippen molar-refractivity contribution in [1.29, 1.82) is 0 Å². The van der Waals surface area contributed by atoms with Gasteiger partial charge in [-0.3, -0.25) is 0 Å². The number of aromatic nitrogens is 1. The van der Waals surface area contributed by atoms with E-state index in [0.717, 1.165) is 6.54 Å². The molecule has 4 rings (SSSR count). The molecule has 1 unspecified atom stereocenters. The van der Waals surface area contributed by atoms with E-state index in [9.17, 15) is 12.8 Å². The van der Waals surface area contributed by atoms with E-state index in [1.807, 2.05) is 11.9 Å². The molecular formula is C16H20FN5O2S. The molecule has 134 valence electrons. The number of likely N-dealkylation sites (N-methyl/N-ethyl adjacent to an activating group) is 1. The fraction of sp³-hybridized carbons (Fsp3) is 0.500. The van der Waals surface area contributed by atoms with Gasteiger partial charge in [0, 0.05) is 26.7 Å². The molecule has 0 bridgehead atoms. The number of aliphatic imine (C=N–C) groups is 1. The van der Waals surface area contributed by atoms with Gasteiger partial charge < -0.3 is 14.7 Å². The molecule has 4 heterocycles. The largest absolute Gasteiger partial charge is 0.349 e. The number of halogens is 1. The number of anilines is 1. The highest BCUT2D eigenvalue weighted by Crippen LogP contribution is 2.39. The molecule has 0 spiro atoms. The highest BCUT2D eigenvalue weighted by atomic mass is 32.2. The number of pyridine rings is 1. The smallest absolute Gasteiger partial charge is 0.184 e. The zero-order valence-electron chi connectivity index (χ0n) is 14.5. The summed E-state index contributed by atoms with van der Waals surface area (Å²) in [5, 5.41) is 0. The minimum absolute atomic E-state index is 0.0650. The van der Waals surface area contributed by atoms with Crippen molar-refractivity contribution in [3.8, 4) is 0 Å². The highest BCUT2D eigenvalue weighted by molar-refractivity contribution is 7.91. The van der Waals surface area contributed by atoms with Crippen LogP contribution >= 0.6 is 0 Å². The molecule has 1 aromatic rings. The van der Waals surface area contributed by atoms with Gasteiger partial charge in [-0.1, -0.05) is 6.58 Å². The van der Waals surface area contributed by atoms with Crippen LogP contribution in [0.5, 0.6) is 0 Å². The van der Waals surface area contributed by atoms with E-state index in [1.165, 1.54) is 6.92 Å². The van der Waals surface area contributed by atoms with Gasteiger partial charge in [-0.05, 0) is 14.0 Å². The van der Waals surface area contributed by atoms with Gasteiger partial charge in [0.15, 0.2) is 15.7 Å². The first-order chi connectivity index (χ1) is 11.7. The van der Waals surface area contributed by atoms with Crippen molar-refractivity contribution < 1.29 is 12.8 Å². The Labute approximate surface area is 146 Å². The topological polar surface area (TPSA) is 69.1 Å². The van der Waals surface area contributed by atoms with Crippen LogP contribution < -0.4 is 4.90 Å². The van der Waals surface area contributed by atoms with E-state index in [0.29, 0.717) is 30.6 Å². The molecule has 7 nitrogen and oxygen atoms in total. The summed E-state index contributed by atoms with van der Waals surface area (Å²) < 4.78 is 41.0. The van der Waals surface area contributed by atoms with E-state index < -0.39 is 15.7 Å². The minimum Gasteiger partial charge on any atom is -0.349 e. The molecule has 1 aromatic heterocycles. The molecule has 0 radical (unpaired) electrons. The van der Waals surface area contributed by atoms with Crippen LogP contribution in [0.2, 0.25) is 0 Å². The van der Waals surface area contributed by atoms with Crippen LogP contribution in [0.15, 0.2) is 22.3 Å². The number of hydrogen-bond donors (Lipinski definition) is 0. The normalized spacial score (nSPS) is 25.2. The van der Waals surface area contributed by atoms with Gasteiger partial charge in [0.1, 0.15) is 22.4 Å². The van der Waals surface area contributed by atoms with Crippen molar-refractivity contribution in [2.24, 2.45) is 4.99 Å². The van der Waals surface area contributed by atoms with E-state index >= 15 is 0 Å². The Balaban J connectivity index is 2.07. The number of piperazine rings is 1. The maximum atomic E-state index is 14.9. The number of rotatable bonds is 0. The summed E-state index contributed by atoms with van der Waals surface area (Å²) in [6.45, 7) is 7.41. The summed E-state index contributed by atoms with van der Waals surface area (Å²) in [4.78, 5) is 14.2. The molecule has 0 aromatic carbocycles. The Morgan fingerprint density at radius 1 is 1.28 bits per heavy atom. The third-order valence-electron chi connectivity index (χ3n) is 5.09. The second kappa shape index (κ2) is 5.25. The maximum absolute atomic E-state index is 14.9. The third kappa shape index (κ3) is 2.29. The second-order valence-corrected chi connectivity index (χ2v) is 8.81. The molecule has 0 amide bonds. The SMILES string of the molecule is C=C1N=C2c3c(nc(C)c(F)c3S(=O)(=O)CC3CN(C)CCN23)N1C. The van der Waals surface area contributed by atoms with E-state index in [-0.39, 0.29) is 27.9 Å². The number of nitrogens with zero attached hydrogens (tertiary/aromatic N) is 5. The molecule has 1 atom stereocenters. The fourth-order valence-corrected chi connectivity index (χ4v) is 5.60. The van der Waals surface area contributed by atoms with Crippen molar-refractivity contribution in [3.63, 3.8) is 0 Å². The molecule has 3 aliphatic heterocycles. The molecule has 9 heteroatoms.